The van der Waals surface area contributed by atoms with Gasteiger partial charge < -0.3 is 10.1 Å². The molecule has 0 saturated heterocycles. The third kappa shape index (κ3) is 2.49. The van der Waals surface area contributed by atoms with Crippen LogP contribution in [0.4, 0.5) is 5.82 Å². The normalized spacial score (nSPS) is 35.6. The maximum Gasteiger partial charge on any atom is 0.311 e. The van der Waals surface area contributed by atoms with E-state index < -0.39 is 0 Å². The zero-order valence-corrected chi connectivity index (χ0v) is 16.7. The van der Waals surface area contributed by atoms with Crippen LogP contribution in [0, 0.1) is 29.6 Å². The molecule has 0 aliphatic heterocycles. The second kappa shape index (κ2) is 6.09. The van der Waals surface area contributed by atoms with Crippen molar-refractivity contribution in [3.8, 4) is 0 Å². The van der Waals surface area contributed by atoms with Gasteiger partial charge in [-0.2, -0.15) is 4.98 Å². The third-order valence-corrected chi connectivity index (χ3v) is 7.67. The molecule has 2 bridgehead atoms. The van der Waals surface area contributed by atoms with E-state index in [1.54, 1.807) is 0 Å². The molecular formula is C21H25ClN4O2. The van der Waals surface area contributed by atoms with Crippen molar-refractivity contribution in [1.29, 1.82) is 0 Å². The number of halogens is 1. The number of nitrogens with zero attached hydrogens (tertiary/aromatic N) is 3. The summed E-state index contributed by atoms with van der Waals surface area (Å²) in [5.41, 5.74) is 2.15. The van der Waals surface area contributed by atoms with Crippen molar-refractivity contribution in [3.63, 3.8) is 0 Å². The molecule has 5 aliphatic carbocycles. The Morgan fingerprint density at radius 1 is 1.21 bits per heavy atom. The van der Waals surface area contributed by atoms with Gasteiger partial charge in [-0.25, -0.2) is 4.52 Å². The molecule has 7 heteroatoms. The van der Waals surface area contributed by atoms with Gasteiger partial charge in [0.05, 0.1) is 12.5 Å². The van der Waals surface area contributed by atoms with E-state index in [1.807, 2.05) is 11.4 Å². The second-order valence-corrected chi connectivity index (χ2v) is 9.31. The van der Waals surface area contributed by atoms with Crippen LogP contribution in [0.15, 0.2) is 12.1 Å². The number of hydrogen-bond acceptors (Lipinski definition) is 5. The molecule has 2 aromatic heterocycles. The van der Waals surface area contributed by atoms with Crippen LogP contribution in [0.1, 0.15) is 50.6 Å². The summed E-state index contributed by atoms with van der Waals surface area (Å²) in [5.74, 6) is 3.60. The molecule has 7 rings (SSSR count). The van der Waals surface area contributed by atoms with Crippen LogP contribution in [0.25, 0.3) is 5.52 Å². The molecule has 148 valence electrons. The van der Waals surface area contributed by atoms with Crippen LogP contribution in [0.3, 0.4) is 0 Å². The van der Waals surface area contributed by atoms with E-state index in [0.29, 0.717) is 24.4 Å². The third-order valence-electron chi connectivity index (χ3n) is 7.51. The van der Waals surface area contributed by atoms with E-state index >= 15 is 0 Å². The number of anilines is 1. The first-order valence-electron chi connectivity index (χ1n) is 10.6. The highest BCUT2D eigenvalue weighted by molar-refractivity contribution is 6.28. The van der Waals surface area contributed by atoms with E-state index in [0.717, 1.165) is 29.6 Å². The van der Waals surface area contributed by atoms with Crippen LogP contribution in [0.2, 0.25) is 5.28 Å². The van der Waals surface area contributed by atoms with Crippen LogP contribution in [-0.4, -0.2) is 33.2 Å². The highest BCUT2D eigenvalue weighted by Gasteiger charge is 2.63. The molecule has 5 aliphatic rings. The number of rotatable bonds is 5. The molecule has 6 atom stereocenters. The average Bonchev–Trinajstić information content (AvgIpc) is 3.59. The zero-order chi connectivity index (χ0) is 19.0. The number of fused-ring (bicyclic) bond motifs is 3. The number of carbonyl (C=O) groups excluding carboxylic acids is 1. The summed E-state index contributed by atoms with van der Waals surface area (Å²) in [6, 6.07) is 4.28. The maximum absolute atomic E-state index is 12.9. The van der Waals surface area contributed by atoms with Crippen molar-refractivity contribution < 1.29 is 9.53 Å². The molecule has 5 saturated carbocycles. The van der Waals surface area contributed by atoms with E-state index in [2.05, 4.69) is 27.5 Å². The molecule has 1 N–H and O–H groups in total. The fourth-order valence-electron chi connectivity index (χ4n) is 6.16. The molecule has 0 aromatic carbocycles. The summed E-state index contributed by atoms with van der Waals surface area (Å²) in [5, 5.41) is 8.34. The first kappa shape index (κ1) is 17.1. The Morgan fingerprint density at radius 3 is 2.79 bits per heavy atom. The van der Waals surface area contributed by atoms with Crippen molar-refractivity contribution in [2.75, 3.05) is 11.9 Å². The molecule has 0 spiro atoms. The summed E-state index contributed by atoms with van der Waals surface area (Å²) < 4.78 is 7.42. The van der Waals surface area contributed by atoms with Gasteiger partial charge in [0.25, 0.3) is 0 Å². The summed E-state index contributed by atoms with van der Waals surface area (Å²) in [7, 11) is 0. The molecule has 2 unspecified atom stereocenters. The Balaban J connectivity index is 1.38. The van der Waals surface area contributed by atoms with Crippen molar-refractivity contribution in [1.82, 2.24) is 14.6 Å². The Kier molecular flexibility index (Phi) is 3.71. The highest BCUT2D eigenvalue weighted by atomic mass is 35.5. The van der Waals surface area contributed by atoms with Gasteiger partial charge in [-0.1, -0.05) is 0 Å². The number of hydrogen-bond donors (Lipinski definition) is 1. The molecular weight excluding hydrogens is 376 g/mol. The van der Waals surface area contributed by atoms with Gasteiger partial charge in [0.15, 0.2) is 5.82 Å². The largest absolute Gasteiger partial charge is 0.466 e. The van der Waals surface area contributed by atoms with Gasteiger partial charge in [-0.05, 0) is 86.4 Å². The van der Waals surface area contributed by atoms with E-state index in [1.165, 1.54) is 31.4 Å². The number of carbonyl (C=O) groups is 1. The van der Waals surface area contributed by atoms with Gasteiger partial charge in [-0.3, -0.25) is 4.79 Å². The van der Waals surface area contributed by atoms with Gasteiger partial charge in [0, 0.05) is 17.7 Å². The molecule has 2 heterocycles. The molecule has 28 heavy (non-hydrogen) atoms. The van der Waals surface area contributed by atoms with Gasteiger partial charge in [0.1, 0.15) is 5.52 Å². The van der Waals surface area contributed by atoms with Crippen LogP contribution in [0.5, 0.6) is 0 Å². The predicted octanol–water partition coefficient (Wildman–Crippen LogP) is 3.90. The summed E-state index contributed by atoms with van der Waals surface area (Å²) >= 11 is 6.29. The minimum Gasteiger partial charge on any atom is -0.466 e. The Hall–Kier alpha value is -1.82. The fourth-order valence-corrected chi connectivity index (χ4v) is 6.32. The van der Waals surface area contributed by atoms with Crippen molar-refractivity contribution in [3.05, 3.63) is 23.1 Å². The van der Waals surface area contributed by atoms with Crippen molar-refractivity contribution in [2.45, 2.75) is 51.0 Å². The smallest absolute Gasteiger partial charge is 0.311 e. The summed E-state index contributed by atoms with van der Waals surface area (Å²) in [6.45, 7) is 2.32. The lowest BCUT2D eigenvalue weighted by Gasteiger charge is -2.47. The van der Waals surface area contributed by atoms with Crippen molar-refractivity contribution in [2.24, 2.45) is 29.6 Å². The molecule has 5 fully saturated rings. The SMILES string of the molecule is CCOC(=O)[C@@H]1[C@@H](Nc2nc(Cl)nn3c(C4CC4)ccc23)[C@@H]2CC[C@H]1C1CC12. The monoisotopic (exact) mass is 400 g/mol. The molecule has 0 radical (unpaired) electrons. The zero-order valence-electron chi connectivity index (χ0n) is 16.0. The minimum atomic E-state index is -0.0888. The fraction of sp³-hybridized carbons (Fsp3) is 0.667. The lowest BCUT2D eigenvalue weighted by atomic mass is 9.61. The first-order valence-corrected chi connectivity index (χ1v) is 11.0. The van der Waals surface area contributed by atoms with Crippen molar-refractivity contribution >= 4 is 28.9 Å². The minimum absolute atomic E-state index is 0.0507. The number of esters is 1. The lowest BCUT2D eigenvalue weighted by Crippen LogP contribution is -2.53. The lowest BCUT2D eigenvalue weighted by molar-refractivity contribution is -0.155. The molecule has 6 nitrogen and oxygen atoms in total. The second-order valence-electron chi connectivity index (χ2n) is 8.98. The van der Waals surface area contributed by atoms with Crippen LogP contribution < -0.4 is 5.32 Å². The number of aromatic nitrogens is 3. The Labute approximate surface area is 169 Å². The number of ether oxygens (including phenoxy) is 1. The predicted molar refractivity (Wildman–Crippen MR) is 105 cm³/mol. The van der Waals surface area contributed by atoms with E-state index in [4.69, 9.17) is 16.3 Å². The van der Waals surface area contributed by atoms with Gasteiger partial charge in [-0.15, -0.1) is 5.10 Å². The van der Waals surface area contributed by atoms with Crippen LogP contribution >= 0.6 is 11.6 Å². The number of nitrogens with one attached hydrogen (secondary N) is 1. The van der Waals surface area contributed by atoms with Gasteiger partial charge in [0.2, 0.25) is 5.28 Å². The summed E-state index contributed by atoms with van der Waals surface area (Å²) in [6.07, 6.45) is 6.00. The maximum atomic E-state index is 12.9. The molecule has 2 aromatic rings. The van der Waals surface area contributed by atoms with Gasteiger partial charge >= 0.3 is 5.97 Å². The van der Waals surface area contributed by atoms with Crippen LogP contribution in [-0.2, 0) is 9.53 Å². The molecule has 0 amide bonds. The average molecular weight is 401 g/mol. The Bertz CT molecular complexity index is 955. The standard InChI is InChI=1S/C21H25ClN4O2/c1-2-28-20(27)17-11-5-6-12(14-9-13(11)14)18(17)23-19-16-8-7-15(10-3-4-10)26(16)25-21(22)24-19/h7-8,10-14,17-18H,2-6,9H2,1H3,(H,23,24,25)/t11-,12+,13?,14?,17-,18-/m0/s1. The first-order chi connectivity index (χ1) is 13.7. The quantitative estimate of drug-likeness (QED) is 0.771. The highest BCUT2D eigenvalue weighted by Crippen LogP contribution is 2.64. The Morgan fingerprint density at radius 2 is 2.00 bits per heavy atom. The topological polar surface area (TPSA) is 68.5 Å². The summed E-state index contributed by atoms with van der Waals surface area (Å²) in [4.78, 5) is 17.4. The van der Waals surface area contributed by atoms with E-state index in [-0.39, 0.29) is 23.2 Å². The van der Waals surface area contributed by atoms with E-state index in [9.17, 15) is 4.79 Å².